The van der Waals surface area contributed by atoms with Crippen molar-refractivity contribution in [3.63, 3.8) is 0 Å². The van der Waals surface area contributed by atoms with E-state index in [0.29, 0.717) is 6.61 Å². The van der Waals surface area contributed by atoms with Gasteiger partial charge in [-0.05, 0) is 6.92 Å². The lowest BCUT2D eigenvalue weighted by Crippen LogP contribution is -2.49. The molecule has 0 aliphatic carbocycles. The summed E-state index contributed by atoms with van der Waals surface area (Å²) in [6.07, 6.45) is -3.22. The van der Waals surface area contributed by atoms with Crippen molar-refractivity contribution in [1.29, 1.82) is 5.26 Å². The third-order valence-corrected chi connectivity index (χ3v) is 3.20. The van der Waals surface area contributed by atoms with Gasteiger partial charge in [0.2, 0.25) is 5.88 Å². The molecule has 9 nitrogen and oxygen atoms in total. The first kappa shape index (κ1) is 15.4. The molecular weight excluding hydrogens is 282 g/mol. The van der Waals surface area contributed by atoms with E-state index in [2.05, 4.69) is 4.98 Å². The van der Waals surface area contributed by atoms with Gasteiger partial charge >= 0.3 is 5.69 Å². The van der Waals surface area contributed by atoms with Crippen LogP contribution < -0.4 is 10.4 Å². The zero-order valence-electron chi connectivity index (χ0n) is 11.2. The van der Waals surface area contributed by atoms with Crippen LogP contribution in [0.5, 0.6) is 5.88 Å². The van der Waals surface area contributed by atoms with Crippen LogP contribution in [0.15, 0.2) is 17.1 Å². The minimum atomic E-state index is -2.15. The van der Waals surface area contributed by atoms with E-state index < -0.39 is 36.3 Å². The van der Waals surface area contributed by atoms with Crippen molar-refractivity contribution in [1.82, 2.24) is 9.55 Å². The minimum Gasteiger partial charge on any atom is -0.478 e. The summed E-state index contributed by atoms with van der Waals surface area (Å²) >= 11 is 0. The summed E-state index contributed by atoms with van der Waals surface area (Å²) in [4.78, 5) is 15.6. The second kappa shape index (κ2) is 5.79. The van der Waals surface area contributed by atoms with Crippen molar-refractivity contribution >= 4 is 0 Å². The molecule has 1 aromatic heterocycles. The normalized spacial score (nSPS) is 31.9. The summed E-state index contributed by atoms with van der Waals surface area (Å²) in [6, 6.07) is 3.00. The largest absolute Gasteiger partial charge is 0.478 e. The molecule has 9 heteroatoms. The molecule has 0 bridgehead atoms. The number of aromatic nitrogens is 2. The first-order valence-electron chi connectivity index (χ1n) is 6.29. The van der Waals surface area contributed by atoms with E-state index in [4.69, 9.17) is 14.6 Å². The molecule has 1 aliphatic rings. The molecule has 0 unspecified atom stereocenters. The predicted octanol–water partition coefficient (Wildman–Crippen LogP) is -2.07. The summed E-state index contributed by atoms with van der Waals surface area (Å²) in [5.74, 6) is 0.0681. The number of hydrogen-bond acceptors (Lipinski definition) is 8. The Labute approximate surface area is 119 Å². The van der Waals surface area contributed by atoms with E-state index >= 15 is 0 Å². The molecule has 2 heterocycles. The third kappa shape index (κ3) is 2.38. The van der Waals surface area contributed by atoms with Gasteiger partial charge in [0.1, 0.15) is 24.4 Å². The van der Waals surface area contributed by atoms with Crippen molar-refractivity contribution < 1.29 is 24.8 Å². The van der Waals surface area contributed by atoms with Crippen LogP contribution in [0.1, 0.15) is 6.92 Å². The topological polar surface area (TPSA) is 138 Å². The molecular formula is C12H15N3O6. The Kier molecular flexibility index (Phi) is 4.24. The molecule has 0 aromatic carbocycles. The van der Waals surface area contributed by atoms with E-state index in [1.165, 1.54) is 12.3 Å². The van der Waals surface area contributed by atoms with Crippen LogP contribution in [0, 0.1) is 11.3 Å². The minimum absolute atomic E-state index is 0.0681. The molecule has 3 N–H and O–H groups in total. The quantitative estimate of drug-likeness (QED) is 0.576. The number of hydrogen-bond donors (Lipinski definition) is 3. The highest BCUT2D eigenvalue weighted by Gasteiger charge is 2.56. The van der Waals surface area contributed by atoms with Gasteiger partial charge in [-0.3, -0.25) is 4.57 Å². The summed E-state index contributed by atoms with van der Waals surface area (Å²) in [6.45, 7) is 1.42. The molecule has 0 spiro atoms. The Hall–Kier alpha value is -1.99. The molecule has 21 heavy (non-hydrogen) atoms. The number of nitriles is 1. The van der Waals surface area contributed by atoms with Gasteiger partial charge in [-0.25, -0.2) is 4.79 Å². The summed E-state index contributed by atoms with van der Waals surface area (Å²) in [5.41, 5.74) is -3.03. The van der Waals surface area contributed by atoms with E-state index in [1.807, 2.05) is 0 Å². The van der Waals surface area contributed by atoms with E-state index in [9.17, 15) is 20.3 Å². The highest BCUT2D eigenvalue weighted by Crippen LogP contribution is 2.34. The molecule has 0 saturated carbocycles. The Balaban J connectivity index is 2.48. The van der Waals surface area contributed by atoms with E-state index in [1.54, 1.807) is 13.0 Å². The fourth-order valence-corrected chi connectivity index (χ4v) is 2.16. The zero-order chi connectivity index (χ0) is 15.6. The summed E-state index contributed by atoms with van der Waals surface area (Å²) < 4.78 is 11.0. The molecule has 0 radical (unpaired) electrons. The molecule has 1 aromatic rings. The average Bonchev–Trinajstić information content (AvgIpc) is 2.73. The molecule has 2 rings (SSSR count). The smallest absolute Gasteiger partial charge is 0.354 e. The highest BCUT2D eigenvalue weighted by molar-refractivity contribution is 5.15. The lowest BCUT2D eigenvalue weighted by molar-refractivity contribution is -0.109. The summed E-state index contributed by atoms with van der Waals surface area (Å²) in [7, 11) is 0. The number of ether oxygens (including phenoxy) is 2. The Morgan fingerprint density at radius 3 is 2.81 bits per heavy atom. The van der Waals surface area contributed by atoms with Gasteiger partial charge in [0.05, 0.1) is 13.2 Å². The van der Waals surface area contributed by atoms with Gasteiger partial charge < -0.3 is 24.8 Å². The lowest BCUT2D eigenvalue weighted by Gasteiger charge is -2.26. The number of aliphatic hydroxyl groups excluding tert-OH is 3. The van der Waals surface area contributed by atoms with Crippen molar-refractivity contribution in [3.8, 4) is 11.9 Å². The van der Waals surface area contributed by atoms with Crippen LogP contribution in [0.25, 0.3) is 0 Å². The molecule has 114 valence electrons. The Bertz CT molecular complexity index is 612. The Morgan fingerprint density at radius 2 is 2.33 bits per heavy atom. The molecule has 0 amide bonds. The zero-order valence-corrected chi connectivity index (χ0v) is 11.2. The SMILES string of the molecule is CCOc1ccn([C@]2(C#N)O[C@H](CO)[C@@H](O)[C@H]2O)c(=O)n1. The van der Waals surface area contributed by atoms with Crippen molar-refractivity contribution in [2.24, 2.45) is 0 Å². The highest BCUT2D eigenvalue weighted by atomic mass is 16.6. The fraction of sp³-hybridized carbons (Fsp3) is 0.583. The van der Waals surface area contributed by atoms with Crippen LogP contribution in [-0.2, 0) is 10.5 Å². The van der Waals surface area contributed by atoms with Crippen molar-refractivity contribution in [3.05, 3.63) is 22.7 Å². The Morgan fingerprint density at radius 1 is 1.62 bits per heavy atom. The first-order chi connectivity index (χ1) is 10.00. The van der Waals surface area contributed by atoms with Crippen LogP contribution in [-0.4, -0.2) is 56.4 Å². The average molecular weight is 297 g/mol. The monoisotopic (exact) mass is 297 g/mol. The maximum absolute atomic E-state index is 12.0. The van der Waals surface area contributed by atoms with Gasteiger partial charge in [0, 0.05) is 12.3 Å². The van der Waals surface area contributed by atoms with Gasteiger partial charge in [-0.1, -0.05) is 0 Å². The van der Waals surface area contributed by atoms with Crippen LogP contribution >= 0.6 is 0 Å². The van der Waals surface area contributed by atoms with Crippen LogP contribution in [0.3, 0.4) is 0 Å². The van der Waals surface area contributed by atoms with Crippen LogP contribution in [0.2, 0.25) is 0 Å². The maximum Gasteiger partial charge on any atom is 0.354 e. The summed E-state index contributed by atoms with van der Waals surface area (Å²) in [5, 5.41) is 38.2. The van der Waals surface area contributed by atoms with E-state index in [-0.39, 0.29) is 5.88 Å². The standard InChI is InChI=1S/C12H15N3O6/c1-2-20-8-3-4-15(11(19)14-8)12(6-13)10(18)9(17)7(5-16)21-12/h3-4,7,9-10,16-18H,2,5H2,1H3/t7-,9-,10-,12-/m1/s1. The fourth-order valence-electron chi connectivity index (χ4n) is 2.16. The van der Waals surface area contributed by atoms with Gasteiger partial charge in [0.15, 0.2) is 0 Å². The molecule has 1 fully saturated rings. The first-order valence-corrected chi connectivity index (χ1v) is 6.29. The van der Waals surface area contributed by atoms with Gasteiger partial charge in [0.25, 0.3) is 5.72 Å². The van der Waals surface area contributed by atoms with Crippen molar-refractivity contribution in [2.75, 3.05) is 13.2 Å². The predicted molar refractivity (Wildman–Crippen MR) is 67.2 cm³/mol. The maximum atomic E-state index is 12.0. The van der Waals surface area contributed by atoms with Crippen LogP contribution in [0.4, 0.5) is 0 Å². The number of aliphatic hydroxyl groups is 3. The second-order valence-electron chi connectivity index (χ2n) is 4.43. The second-order valence-corrected chi connectivity index (χ2v) is 4.43. The van der Waals surface area contributed by atoms with E-state index in [0.717, 1.165) is 4.57 Å². The van der Waals surface area contributed by atoms with Crippen molar-refractivity contribution in [2.45, 2.75) is 31.0 Å². The number of rotatable bonds is 4. The molecule has 1 saturated heterocycles. The van der Waals surface area contributed by atoms with Gasteiger partial charge in [-0.15, -0.1) is 0 Å². The molecule has 1 aliphatic heterocycles. The molecule has 4 atom stereocenters. The number of nitrogens with zero attached hydrogens (tertiary/aromatic N) is 3. The lowest BCUT2D eigenvalue weighted by atomic mass is 10.0. The van der Waals surface area contributed by atoms with Gasteiger partial charge in [-0.2, -0.15) is 10.2 Å². The third-order valence-electron chi connectivity index (χ3n) is 3.20.